The summed E-state index contributed by atoms with van der Waals surface area (Å²) in [5.74, 6) is -0.0953. The fraction of sp³-hybridized carbons (Fsp3) is 0.231. The van der Waals surface area contributed by atoms with Crippen LogP contribution >= 0.6 is 43.2 Å². The molecular formula is C13H12Br2FNOS. The van der Waals surface area contributed by atoms with Gasteiger partial charge in [0.25, 0.3) is 0 Å². The average molecular weight is 409 g/mol. The van der Waals surface area contributed by atoms with E-state index in [0.29, 0.717) is 0 Å². The Balaban J connectivity index is 2.41. The highest BCUT2D eigenvalue weighted by Crippen LogP contribution is 2.38. The van der Waals surface area contributed by atoms with Crippen molar-refractivity contribution in [1.82, 2.24) is 5.32 Å². The molecule has 0 aliphatic heterocycles. The van der Waals surface area contributed by atoms with Crippen LogP contribution in [0.15, 0.2) is 32.5 Å². The Bertz CT molecular complexity index is 569. The van der Waals surface area contributed by atoms with Crippen LogP contribution in [0.4, 0.5) is 4.39 Å². The molecule has 0 saturated heterocycles. The highest BCUT2D eigenvalue weighted by Gasteiger charge is 2.17. The lowest BCUT2D eigenvalue weighted by Gasteiger charge is -2.16. The van der Waals surface area contributed by atoms with E-state index in [1.807, 2.05) is 13.1 Å². The van der Waals surface area contributed by atoms with Crippen LogP contribution in [0.1, 0.15) is 16.5 Å². The maximum absolute atomic E-state index is 13.5. The molecule has 0 spiro atoms. The number of halogens is 3. The van der Waals surface area contributed by atoms with E-state index in [1.54, 1.807) is 23.5 Å². The summed E-state index contributed by atoms with van der Waals surface area (Å²) < 4.78 is 20.5. The van der Waals surface area contributed by atoms with Crippen LogP contribution in [0.5, 0.6) is 5.75 Å². The Morgan fingerprint density at radius 1 is 1.32 bits per heavy atom. The second kappa shape index (κ2) is 6.35. The van der Waals surface area contributed by atoms with E-state index in [-0.39, 0.29) is 17.6 Å². The van der Waals surface area contributed by atoms with Gasteiger partial charge in [0, 0.05) is 9.35 Å². The van der Waals surface area contributed by atoms with Gasteiger partial charge in [-0.2, -0.15) is 0 Å². The number of benzene rings is 1. The molecule has 1 heterocycles. The zero-order valence-electron chi connectivity index (χ0n) is 10.3. The van der Waals surface area contributed by atoms with Crippen molar-refractivity contribution in [3.63, 3.8) is 0 Å². The van der Waals surface area contributed by atoms with E-state index in [4.69, 9.17) is 4.74 Å². The van der Waals surface area contributed by atoms with Gasteiger partial charge >= 0.3 is 0 Å². The average Bonchev–Trinajstić information content (AvgIpc) is 2.72. The second-order valence-electron chi connectivity index (χ2n) is 3.89. The molecular weight excluding hydrogens is 397 g/mol. The molecule has 102 valence electrons. The quantitative estimate of drug-likeness (QED) is 0.789. The van der Waals surface area contributed by atoms with Crippen molar-refractivity contribution < 1.29 is 9.13 Å². The summed E-state index contributed by atoms with van der Waals surface area (Å²) in [7, 11) is 3.34. The van der Waals surface area contributed by atoms with Crippen molar-refractivity contribution in [2.75, 3.05) is 14.2 Å². The number of hydrogen-bond donors (Lipinski definition) is 1. The fourth-order valence-corrected chi connectivity index (χ4v) is 4.06. The Morgan fingerprint density at radius 3 is 2.58 bits per heavy atom. The topological polar surface area (TPSA) is 21.3 Å². The molecule has 1 atom stereocenters. The summed E-state index contributed by atoms with van der Waals surface area (Å²) in [6.07, 6.45) is 0. The minimum Gasteiger partial charge on any atom is -0.494 e. The SMILES string of the molecule is CNC(c1ccc(F)c(OC)c1)c1cc(Br)c(Br)s1. The largest absolute Gasteiger partial charge is 0.494 e. The zero-order valence-corrected chi connectivity index (χ0v) is 14.3. The number of hydrogen-bond acceptors (Lipinski definition) is 3. The molecule has 0 aliphatic carbocycles. The van der Waals surface area contributed by atoms with Crippen molar-refractivity contribution in [3.8, 4) is 5.75 Å². The first-order chi connectivity index (χ1) is 9.06. The minimum absolute atomic E-state index is 0.00194. The molecule has 6 heteroatoms. The maximum atomic E-state index is 13.5. The number of ether oxygens (including phenoxy) is 1. The number of thiophene rings is 1. The first kappa shape index (κ1) is 15.0. The zero-order chi connectivity index (χ0) is 14.0. The van der Waals surface area contributed by atoms with Crippen LogP contribution in [-0.2, 0) is 0 Å². The molecule has 1 aromatic carbocycles. The first-order valence-electron chi connectivity index (χ1n) is 5.52. The summed E-state index contributed by atoms with van der Waals surface area (Å²) >= 11 is 8.59. The van der Waals surface area contributed by atoms with Gasteiger partial charge in [0.15, 0.2) is 11.6 Å². The molecule has 1 N–H and O–H groups in total. The minimum atomic E-state index is -0.352. The molecule has 1 unspecified atom stereocenters. The fourth-order valence-electron chi connectivity index (χ4n) is 1.83. The monoisotopic (exact) mass is 407 g/mol. The van der Waals surface area contributed by atoms with Crippen LogP contribution in [0.25, 0.3) is 0 Å². The number of nitrogens with one attached hydrogen (secondary N) is 1. The van der Waals surface area contributed by atoms with Crippen LogP contribution in [0.2, 0.25) is 0 Å². The predicted molar refractivity (Wildman–Crippen MR) is 83.6 cm³/mol. The second-order valence-corrected chi connectivity index (χ2v) is 7.14. The van der Waals surface area contributed by atoms with Crippen molar-refractivity contribution in [3.05, 3.63) is 48.8 Å². The van der Waals surface area contributed by atoms with Gasteiger partial charge in [-0.15, -0.1) is 11.3 Å². The first-order valence-corrected chi connectivity index (χ1v) is 7.92. The van der Waals surface area contributed by atoms with E-state index in [2.05, 4.69) is 37.2 Å². The third kappa shape index (κ3) is 3.18. The highest BCUT2D eigenvalue weighted by atomic mass is 79.9. The maximum Gasteiger partial charge on any atom is 0.165 e. The van der Waals surface area contributed by atoms with Crippen molar-refractivity contribution >= 4 is 43.2 Å². The molecule has 0 bridgehead atoms. The van der Waals surface area contributed by atoms with Gasteiger partial charge in [-0.05, 0) is 62.7 Å². The standard InChI is InChI=1S/C13H12Br2FNOS/c1-17-12(11-6-8(14)13(15)19-11)7-3-4-9(16)10(5-7)18-2/h3-6,12,17H,1-2H3. The van der Waals surface area contributed by atoms with Crippen LogP contribution in [-0.4, -0.2) is 14.2 Å². The molecule has 0 amide bonds. The molecule has 2 nitrogen and oxygen atoms in total. The summed E-state index contributed by atoms with van der Waals surface area (Å²) in [6, 6.07) is 6.96. The Labute approximate surface area is 132 Å². The van der Waals surface area contributed by atoms with E-state index < -0.39 is 0 Å². The molecule has 0 saturated carbocycles. The summed E-state index contributed by atoms with van der Waals surface area (Å²) in [5.41, 5.74) is 0.960. The van der Waals surface area contributed by atoms with Gasteiger partial charge in [-0.3, -0.25) is 0 Å². The number of methoxy groups -OCH3 is 1. The Hall–Kier alpha value is -0.430. The summed E-state index contributed by atoms with van der Waals surface area (Å²) in [4.78, 5) is 1.13. The lowest BCUT2D eigenvalue weighted by molar-refractivity contribution is 0.385. The lowest BCUT2D eigenvalue weighted by atomic mass is 10.1. The van der Waals surface area contributed by atoms with Crippen LogP contribution < -0.4 is 10.1 Å². The molecule has 19 heavy (non-hydrogen) atoms. The van der Waals surface area contributed by atoms with Gasteiger partial charge in [-0.25, -0.2) is 4.39 Å². The third-order valence-electron chi connectivity index (χ3n) is 2.75. The lowest BCUT2D eigenvalue weighted by Crippen LogP contribution is -2.16. The Kier molecular flexibility index (Phi) is 5.00. The predicted octanol–water partition coefficient (Wildman–Crippen LogP) is 4.73. The van der Waals surface area contributed by atoms with Crippen molar-refractivity contribution in [2.45, 2.75) is 6.04 Å². The third-order valence-corrected chi connectivity index (χ3v) is 6.07. The molecule has 0 aliphatic rings. The molecule has 2 aromatic rings. The van der Waals surface area contributed by atoms with Gasteiger partial charge < -0.3 is 10.1 Å². The van der Waals surface area contributed by atoms with Gasteiger partial charge in [0.1, 0.15) is 0 Å². The Morgan fingerprint density at radius 2 is 2.05 bits per heavy atom. The molecule has 0 radical (unpaired) electrons. The summed E-state index contributed by atoms with van der Waals surface area (Å²) in [6.45, 7) is 0. The molecule has 0 fully saturated rings. The van der Waals surface area contributed by atoms with E-state index in [0.717, 1.165) is 18.7 Å². The van der Waals surface area contributed by atoms with Crippen LogP contribution in [0.3, 0.4) is 0 Å². The molecule has 1 aromatic heterocycles. The van der Waals surface area contributed by atoms with E-state index in [1.165, 1.54) is 13.2 Å². The summed E-state index contributed by atoms with van der Waals surface area (Å²) in [5, 5.41) is 3.24. The van der Waals surface area contributed by atoms with E-state index in [9.17, 15) is 4.39 Å². The van der Waals surface area contributed by atoms with Crippen LogP contribution in [0, 0.1) is 5.82 Å². The van der Waals surface area contributed by atoms with Crippen molar-refractivity contribution in [2.24, 2.45) is 0 Å². The number of rotatable bonds is 4. The van der Waals surface area contributed by atoms with Gasteiger partial charge in [-0.1, -0.05) is 6.07 Å². The normalized spacial score (nSPS) is 12.5. The smallest absolute Gasteiger partial charge is 0.165 e. The van der Waals surface area contributed by atoms with Gasteiger partial charge in [0.2, 0.25) is 0 Å². The van der Waals surface area contributed by atoms with Crippen molar-refractivity contribution in [1.29, 1.82) is 0 Å². The van der Waals surface area contributed by atoms with Gasteiger partial charge in [0.05, 0.1) is 16.9 Å². The highest BCUT2D eigenvalue weighted by molar-refractivity contribution is 9.13. The molecule has 2 rings (SSSR count). The van der Waals surface area contributed by atoms with E-state index >= 15 is 0 Å².